The van der Waals surface area contributed by atoms with Crippen LogP contribution in [0.1, 0.15) is 37.7 Å². The average molecular weight is 402 g/mol. The molecule has 0 saturated heterocycles. The van der Waals surface area contributed by atoms with Crippen LogP contribution in [0.5, 0.6) is 5.75 Å². The Hall–Kier alpha value is -3.41. The first-order valence-electron chi connectivity index (χ1n) is 10.4. The summed E-state index contributed by atoms with van der Waals surface area (Å²) >= 11 is 0. The number of nitrogens with zero attached hydrogens (tertiary/aromatic N) is 3. The van der Waals surface area contributed by atoms with E-state index in [4.69, 9.17) is 9.84 Å². The van der Waals surface area contributed by atoms with Crippen LogP contribution in [0.25, 0.3) is 16.9 Å². The Bertz CT molecular complexity index is 1000. The lowest BCUT2D eigenvalue weighted by atomic mass is 9.89. The van der Waals surface area contributed by atoms with Crippen molar-refractivity contribution in [2.75, 3.05) is 7.11 Å². The summed E-state index contributed by atoms with van der Waals surface area (Å²) in [5, 5.41) is 9.01. The Labute approximate surface area is 176 Å². The van der Waals surface area contributed by atoms with Crippen molar-refractivity contribution in [2.45, 2.75) is 32.1 Å². The second-order valence-corrected chi connectivity index (χ2v) is 7.51. The molecule has 1 saturated carbocycles. The van der Waals surface area contributed by atoms with Crippen molar-refractivity contribution >= 4 is 12.1 Å². The van der Waals surface area contributed by atoms with E-state index < -0.39 is 0 Å². The van der Waals surface area contributed by atoms with Crippen molar-refractivity contribution in [3.05, 3.63) is 66.4 Å². The van der Waals surface area contributed by atoms with Gasteiger partial charge in [0, 0.05) is 23.2 Å². The van der Waals surface area contributed by atoms with Crippen LogP contribution < -0.4 is 10.2 Å². The van der Waals surface area contributed by atoms with Gasteiger partial charge in [-0.3, -0.25) is 4.79 Å². The molecule has 0 aliphatic heterocycles. The first-order valence-corrected chi connectivity index (χ1v) is 10.4. The van der Waals surface area contributed by atoms with E-state index >= 15 is 0 Å². The van der Waals surface area contributed by atoms with E-state index in [1.54, 1.807) is 13.3 Å². The van der Waals surface area contributed by atoms with Gasteiger partial charge in [0.15, 0.2) is 0 Å². The Balaban J connectivity index is 1.59. The molecule has 0 radical (unpaired) electrons. The number of amides is 1. The average Bonchev–Trinajstić information content (AvgIpc) is 3.24. The lowest BCUT2D eigenvalue weighted by Gasteiger charge is -2.19. The van der Waals surface area contributed by atoms with Crippen molar-refractivity contribution < 1.29 is 9.53 Å². The van der Waals surface area contributed by atoms with E-state index in [0.717, 1.165) is 53.9 Å². The molecule has 0 spiro atoms. The van der Waals surface area contributed by atoms with Crippen LogP contribution in [0.4, 0.5) is 0 Å². The highest BCUT2D eigenvalue weighted by Gasteiger charge is 2.20. The van der Waals surface area contributed by atoms with Crippen LogP contribution in [0, 0.1) is 5.92 Å². The number of aromatic nitrogens is 2. The Morgan fingerprint density at radius 3 is 2.53 bits per heavy atom. The SMILES string of the molecule is COc1ccc(-c2nn(-c3ccccc3)cc2/C=N/NC(=O)C2CCCCC2)cc1. The molecule has 1 aliphatic rings. The molecule has 1 fully saturated rings. The first-order chi connectivity index (χ1) is 14.7. The molecule has 6 nitrogen and oxygen atoms in total. The van der Waals surface area contributed by atoms with Gasteiger partial charge in [-0.25, -0.2) is 10.1 Å². The summed E-state index contributed by atoms with van der Waals surface area (Å²) in [5.74, 6) is 0.868. The summed E-state index contributed by atoms with van der Waals surface area (Å²) < 4.78 is 7.08. The number of para-hydroxylation sites is 1. The van der Waals surface area contributed by atoms with Gasteiger partial charge >= 0.3 is 0 Å². The Kier molecular flexibility index (Phi) is 6.23. The second kappa shape index (κ2) is 9.39. The predicted octanol–water partition coefficient (Wildman–Crippen LogP) is 4.58. The maximum Gasteiger partial charge on any atom is 0.243 e. The normalized spacial score (nSPS) is 14.7. The number of ether oxygens (including phenoxy) is 1. The van der Waals surface area contributed by atoms with Crippen LogP contribution in [-0.2, 0) is 4.79 Å². The molecule has 0 atom stereocenters. The van der Waals surface area contributed by atoms with Gasteiger partial charge < -0.3 is 4.74 Å². The van der Waals surface area contributed by atoms with Crippen molar-refractivity contribution in [3.63, 3.8) is 0 Å². The summed E-state index contributed by atoms with van der Waals surface area (Å²) in [7, 11) is 1.65. The van der Waals surface area contributed by atoms with E-state index in [1.807, 2.05) is 65.5 Å². The molecule has 3 aromatic rings. The number of carbonyl (C=O) groups is 1. The van der Waals surface area contributed by atoms with Gasteiger partial charge in [-0.05, 0) is 49.2 Å². The zero-order chi connectivity index (χ0) is 20.8. The van der Waals surface area contributed by atoms with Crippen LogP contribution in [-0.4, -0.2) is 29.0 Å². The summed E-state index contributed by atoms with van der Waals surface area (Å²) in [6, 6.07) is 17.7. The van der Waals surface area contributed by atoms with Gasteiger partial charge in [-0.15, -0.1) is 0 Å². The fraction of sp³-hybridized carbons (Fsp3) is 0.292. The summed E-state index contributed by atoms with van der Waals surface area (Å²) in [5.41, 5.74) is 6.24. The van der Waals surface area contributed by atoms with Crippen molar-refractivity contribution in [1.82, 2.24) is 15.2 Å². The monoisotopic (exact) mass is 402 g/mol. The predicted molar refractivity (Wildman–Crippen MR) is 118 cm³/mol. The van der Waals surface area contributed by atoms with Gasteiger partial charge in [0.25, 0.3) is 0 Å². The van der Waals surface area contributed by atoms with E-state index in [1.165, 1.54) is 6.42 Å². The van der Waals surface area contributed by atoms with Gasteiger partial charge in [0.1, 0.15) is 11.4 Å². The molecular weight excluding hydrogens is 376 g/mol. The highest BCUT2D eigenvalue weighted by molar-refractivity contribution is 5.90. The van der Waals surface area contributed by atoms with E-state index in [9.17, 15) is 4.79 Å². The third-order valence-electron chi connectivity index (χ3n) is 5.48. The lowest BCUT2D eigenvalue weighted by molar-refractivity contribution is -0.125. The number of nitrogens with one attached hydrogen (secondary N) is 1. The van der Waals surface area contributed by atoms with Crippen LogP contribution in [0.15, 0.2) is 65.9 Å². The minimum atomic E-state index is 0.00685. The van der Waals surface area contributed by atoms with E-state index in [0.29, 0.717) is 0 Å². The van der Waals surface area contributed by atoms with Crippen molar-refractivity contribution in [1.29, 1.82) is 0 Å². The van der Waals surface area contributed by atoms with Crippen LogP contribution in [0.2, 0.25) is 0 Å². The summed E-state index contributed by atoms with van der Waals surface area (Å²) in [4.78, 5) is 12.4. The van der Waals surface area contributed by atoms with Gasteiger partial charge in [-0.2, -0.15) is 10.2 Å². The highest BCUT2D eigenvalue weighted by Crippen LogP contribution is 2.25. The Morgan fingerprint density at radius 1 is 1.10 bits per heavy atom. The fourth-order valence-electron chi connectivity index (χ4n) is 3.79. The molecule has 4 rings (SSSR count). The summed E-state index contributed by atoms with van der Waals surface area (Å²) in [6.07, 6.45) is 8.95. The zero-order valence-corrected chi connectivity index (χ0v) is 17.1. The van der Waals surface area contributed by atoms with Crippen LogP contribution >= 0.6 is 0 Å². The molecule has 1 heterocycles. The molecular formula is C24H26N4O2. The molecule has 30 heavy (non-hydrogen) atoms. The number of methoxy groups -OCH3 is 1. The minimum absolute atomic E-state index is 0.00685. The molecule has 1 aliphatic carbocycles. The van der Waals surface area contributed by atoms with Crippen molar-refractivity contribution in [2.24, 2.45) is 11.0 Å². The molecule has 1 N–H and O–H groups in total. The van der Waals surface area contributed by atoms with Gasteiger partial charge in [-0.1, -0.05) is 37.5 Å². The zero-order valence-electron chi connectivity index (χ0n) is 17.1. The molecule has 154 valence electrons. The second-order valence-electron chi connectivity index (χ2n) is 7.51. The third kappa shape index (κ3) is 4.59. The Morgan fingerprint density at radius 2 is 1.83 bits per heavy atom. The number of benzene rings is 2. The number of carbonyl (C=O) groups excluding carboxylic acids is 1. The third-order valence-corrected chi connectivity index (χ3v) is 5.48. The molecule has 1 amide bonds. The maximum atomic E-state index is 12.4. The highest BCUT2D eigenvalue weighted by atomic mass is 16.5. The van der Waals surface area contributed by atoms with Crippen molar-refractivity contribution in [3.8, 4) is 22.7 Å². The first kappa shape index (κ1) is 19.9. The topological polar surface area (TPSA) is 68.5 Å². The van der Waals surface area contributed by atoms with Gasteiger partial charge in [0.05, 0.1) is 19.0 Å². The van der Waals surface area contributed by atoms with E-state index in [2.05, 4.69) is 10.5 Å². The largest absolute Gasteiger partial charge is 0.497 e. The van der Waals surface area contributed by atoms with Crippen LogP contribution in [0.3, 0.4) is 0 Å². The molecule has 0 bridgehead atoms. The van der Waals surface area contributed by atoms with E-state index in [-0.39, 0.29) is 11.8 Å². The minimum Gasteiger partial charge on any atom is -0.497 e. The molecule has 0 unspecified atom stereocenters. The number of hydrazone groups is 1. The number of hydrogen-bond donors (Lipinski definition) is 1. The van der Waals surface area contributed by atoms with Gasteiger partial charge in [0.2, 0.25) is 5.91 Å². The number of rotatable bonds is 6. The fourth-order valence-corrected chi connectivity index (χ4v) is 3.79. The molecule has 6 heteroatoms. The summed E-state index contributed by atoms with van der Waals surface area (Å²) in [6.45, 7) is 0. The molecule has 1 aromatic heterocycles. The quantitative estimate of drug-likeness (QED) is 0.485. The maximum absolute atomic E-state index is 12.4. The standard InChI is InChI=1S/C24H26N4O2/c1-30-22-14-12-18(13-15-22)23-20(17-28(27-23)21-10-6-3-7-11-21)16-25-26-24(29)19-8-4-2-5-9-19/h3,6-7,10-17,19H,2,4-5,8-9H2,1H3,(H,26,29)/b25-16+. The number of hydrogen-bond acceptors (Lipinski definition) is 4. The smallest absolute Gasteiger partial charge is 0.243 e. The molecule has 2 aromatic carbocycles. The lowest BCUT2D eigenvalue weighted by Crippen LogP contribution is -2.28.